The van der Waals surface area contributed by atoms with Gasteiger partial charge >= 0.3 is 0 Å². The first-order valence-corrected chi connectivity index (χ1v) is 9.73. The molecule has 0 spiro atoms. The van der Waals surface area contributed by atoms with Crippen LogP contribution in [0, 0.1) is 0 Å². The molecule has 0 aliphatic rings. The Morgan fingerprint density at radius 2 is 1.60 bits per heavy atom. The first-order chi connectivity index (χ1) is 12.0. The Hall–Kier alpha value is -2.66. The van der Waals surface area contributed by atoms with Gasteiger partial charge in [-0.3, -0.25) is 4.79 Å². The van der Waals surface area contributed by atoms with Crippen molar-refractivity contribution < 1.29 is 13.2 Å². The first-order valence-electron chi connectivity index (χ1n) is 8.08. The molecular weight excluding hydrogens is 334 g/mol. The molecule has 0 fully saturated rings. The van der Waals surface area contributed by atoms with E-state index >= 15 is 0 Å². The molecule has 0 aliphatic carbocycles. The van der Waals surface area contributed by atoms with Crippen molar-refractivity contribution in [1.82, 2.24) is 0 Å². The molecule has 0 atom stereocenters. The van der Waals surface area contributed by atoms with Gasteiger partial charge < -0.3 is 5.32 Å². The van der Waals surface area contributed by atoms with Gasteiger partial charge in [0.2, 0.25) is 5.91 Å². The summed E-state index contributed by atoms with van der Waals surface area (Å²) >= 11 is 0. The minimum Gasteiger partial charge on any atom is -0.326 e. The van der Waals surface area contributed by atoms with Crippen molar-refractivity contribution in [2.45, 2.75) is 18.2 Å². The molecule has 128 valence electrons. The minimum atomic E-state index is -3.23. The third kappa shape index (κ3) is 4.06. The molecule has 0 saturated heterocycles. The smallest absolute Gasteiger partial charge is 0.228 e. The Balaban J connectivity index is 1.69. The van der Waals surface area contributed by atoms with Gasteiger partial charge in [0.05, 0.1) is 17.1 Å². The largest absolute Gasteiger partial charge is 0.326 e. The molecule has 1 N–H and O–H groups in total. The number of anilines is 1. The molecule has 25 heavy (non-hydrogen) atoms. The van der Waals surface area contributed by atoms with Crippen molar-refractivity contribution >= 4 is 32.2 Å². The number of sulfone groups is 1. The fraction of sp³-hybridized carbons (Fsp3) is 0.150. The van der Waals surface area contributed by atoms with Crippen LogP contribution >= 0.6 is 0 Å². The first kappa shape index (κ1) is 17.2. The molecule has 4 nitrogen and oxygen atoms in total. The van der Waals surface area contributed by atoms with E-state index in [1.165, 1.54) is 12.1 Å². The zero-order valence-corrected chi connectivity index (χ0v) is 14.7. The maximum atomic E-state index is 12.2. The van der Waals surface area contributed by atoms with E-state index in [0.29, 0.717) is 5.69 Å². The summed E-state index contributed by atoms with van der Waals surface area (Å²) in [6, 6.07) is 20.2. The fourth-order valence-corrected chi connectivity index (χ4v) is 3.54. The summed E-state index contributed by atoms with van der Waals surface area (Å²) in [5.41, 5.74) is 1.52. The van der Waals surface area contributed by atoms with Crippen LogP contribution in [-0.2, 0) is 21.1 Å². The van der Waals surface area contributed by atoms with Crippen LogP contribution in [0.5, 0.6) is 0 Å². The number of benzene rings is 3. The summed E-state index contributed by atoms with van der Waals surface area (Å²) < 4.78 is 23.6. The van der Waals surface area contributed by atoms with Crippen molar-refractivity contribution in [1.29, 1.82) is 0 Å². The van der Waals surface area contributed by atoms with E-state index in [1.54, 1.807) is 19.1 Å². The number of amides is 1. The lowest BCUT2D eigenvalue weighted by molar-refractivity contribution is -0.115. The predicted molar refractivity (Wildman–Crippen MR) is 100 cm³/mol. The van der Waals surface area contributed by atoms with Crippen molar-refractivity contribution in [3.8, 4) is 0 Å². The highest BCUT2D eigenvalue weighted by atomic mass is 32.2. The molecule has 0 heterocycles. The van der Waals surface area contributed by atoms with Crippen molar-refractivity contribution in [2.75, 3.05) is 11.1 Å². The van der Waals surface area contributed by atoms with Gasteiger partial charge in [-0.15, -0.1) is 0 Å². The van der Waals surface area contributed by atoms with E-state index in [9.17, 15) is 13.2 Å². The van der Waals surface area contributed by atoms with Gasteiger partial charge in [-0.05, 0) is 40.6 Å². The van der Waals surface area contributed by atoms with Crippen LogP contribution in [-0.4, -0.2) is 20.1 Å². The molecule has 0 saturated carbocycles. The lowest BCUT2D eigenvalue weighted by Gasteiger charge is -2.07. The summed E-state index contributed by atoms with van der Waals surface area (Å²) in [5.74, 6) is -0.0814. The SMILES string of the molecule is CCS(=O)(=O)c1ccc(NC(=O)Cc2ccc3ccccc3c2)cc1. The Kier molecular flexibility index (Phi) is 4.86. The van der Waals surface area contributed by atoms with E-state index in [0.717, 1.165) is 16.3 Å². The molecule has 5 heteroatoms. The fourth-order valence-electron chi connectivity index (χ4n) is 2.65. The average Bonchev–Trinajstić information content (AvgIpc) is 2.62. The summed E-state index contributed by atoms with van der Waals surface area (Å²) in [6.45, 7) is 1.61. The van der Waals surface area contributed by atoms with Crippen molar-refractivity contribution in [3.05, 3.63) is 72.3 Å². The molecule has 3 aromatic carbocycles. The molecule has 3 rings (SSSR count). The van der Waals surface area contributed by atoms with E-state index in [4.69, 9.17) is 0 Å². The maximum Gasteiger partial charge on any atom is 0.228 e. The number of hydrogen-bond donors (Lipinski definition) is 1. The van der Waals surface area contributed by atoms with E-state index in [-0.39, 0.29) is 23.0 Å². The number of carbonyl (C=O) groups excluding carboxylic acids is 1. The normalized spacial score (nSPS) is 11.4. The number of rotatable bonds is 5. The summed E-state index contributed by atoms with van der Waals surface area (Å²) in [5, 5.41) is 5.04. The van der Waals surface area contributed by atoms with Gasteiger partial charge in [-0.25, -0.2) is 8.42 Å². The van der Waals surface area contributed by atoms with Gasteiger partial charge in [0.25, 0.3) is 0 Å². The molecule has 0 bridgehead atoms. The minimum absolute atomic E-state index is 0.0562. The van der Waals surface area contributed by atoms with Crippen LogP contribution in [0.2, 0.25) is 0 Å². The van der Waals surface area contributed by atoms with Gasteiger partial charge in [-0.2, -0.15) is 0 Å². The summed E-state index contributed by atoms with van der Waals surface area (Å²) in [4.78, 5) is 12.5. The molecular formula is C20H19NO3S. The Morgan fingerprint density at radius 3 is 2.28 bits per heavy atom. The Bertz CT molecular complexity index is 1010. The predicted octanol–water partition coefficient (Wildman–Crippen LogP) is 3.81. The molecule has 0 aromatic heterocycles. The number of nitrogens with one attached hydrogen (secondary N) is 1. The second-order valence-corrected chi connectivity index (χ2v) is 8.11. The van der Waals surface area contributed by atoms with E-state index < -0.39 is 9.84 Å². The van der Waals surface area contributed by atoms with Crippen molar-refractivity contribution in [3.63, 3.8) is 0 Å². The highest BCUT2D eigenvalue weighted by Gasteiger charge is 2.11. The molecule has 0 radical (unpaired) electrons. The highest BCUT2D eigenvalue weighted by Crippen LogP contribution is 2.18. The van der Waals surface area contributed by atoms with E-state index in [1.807, 2.05) is 42.5 Å². The quantitative estimate of drug-likeness (QED) is 0.758. The van der Waals surface area contributed by atoms with Crippen LogP contribution in [0.15, 0.2) is 71.6 Å². The van der Waals surface area contributed by atoms with Crippen LogP contribution < -0.4 is 5.32 Å². The number of hydrogen-bond acceptors (Lipinski definition) is 3. The Labute approximate surface area is 147 Å². The Morgan fingerprint density at radius 1 is 0.920 bits per heavy atom. The monoisotopic (exact) mass is 353 g/mol. The zero-order valence-electron chi connectivity index (χ0n) is 13.9. The van der Waals surface area contributed by atoms with Gasteiger partial charge in [0.15, 0.2) is 9.84 Å². The van der Waals surface area contributed by atoms with Crippen molar-refractivity contribution in [2.24, 2.45) is 0 Å². The number of fused-ring (bicyclic) bond motifs is 1. The molecule has 0 aliphatic heterocycles. The standard InChI is InChI=1S/C20H19NO3S/c1-2-25(23,24)19-11-9-18(10-12-19)21-20(22)14-15-7-8-16-5-3-4-6-17(16)13-15/h3-13H,2,14H2,1H3,(H,21,22). The van der Waals surface area contributed by atoms with Gasteiger partial charge in [0.1, 0.15) is 0 Å². The summed E-state index contributed by atoms with van der Waals surface area (Å²) in [6.07, 6.45) is 0.264. The van der Waals surface area contributed by atoms with Gasteiger partial charge in [-0.1, -0.05) is 49.4 Å². The third-order valence-corrected chi connectivity index (χ3v) is 5.81. The lowest BCUT2D eigenvalue weighted by atomic mass is 10.0. The summed E-state index contributed by atoms with van der Waals surface area (Å²) in [7, 11) is -3.23. The van der Waals surface area contributed by atoms with Crippen LogP contribution in [0.3, 0.4) is 0 Å². The maximum absolute atomic E-state index is 12.2. The highest BCUT2D eigenvalue weighted by molar-refractivity contribution is 7.91. The molecule has 1 amide bonds. The van der Waals surface area contributed by atoms with Crippen LogP contribution in [0.1, 0.15) is 12.5 Å². The van der Waals surface area contributed by atoms with E-state index in [2.05, 4.69) is 5.32 Å². The third-order valence-electron chi connectivity index (χ3n) is 4.06. The van der Waals surface area contributed by atoms with Gasteiger partial charge in [0, 0.05) is 5.69 Å². The molecule has 0 unspecified atom stereocenters. The lowest BCUT2D eigenvalue weighted by Crippen LogP contribution is -2.14. The van der Waals surface area contributed by atoms with Crippen LogP contribution in [0.25, 0.3) is 10.8 Å². The zero-order chi connectivity index (χ0) is 17.9. The topological polar surface area (TPSA) is 63.2 Å². The average molecular weight is 353 g/mol. The second-order valence-electron chi connectivity index (χ2n) is 5.83. The van der Waals surface area contributed by atoms with Crippen LogP contribution in [0.4, 0.5) is 5.69 Å². The number of carbonyl (C=O) groups is 1. The molecule has 3 aromatic rings. The second kappa shape index (κ2) is 7.07.